The molecule has 2 aliphatic heterocycles. The van der Waals surface area contributed by atoms with Gasteiger partial charge in [0.05, 0.1) is 40.7 Å². The van der Waals surface area contributed by atoms with Gasteiger partial charge in [-0.3, -0.25) is 38.6 Å². The second-order valence-electron chi connectivity index (χ2n) is 6.86. The monoisotopic (exact) mass is 500 g/mol. The average Bonchev–Trinajstić information content (AvgIpc) is 3.15. The highest BCUT2D eigenvalue weighted by atomic mass is 79.9. The van der Waals surface area contributed by atoms with E-state index < -0.39 is 11.8 Å². The minimum absolute atomic E-state index is 0. The molecule has 9 heteroatoms. The maximum Gasteiger partial charge on any atom is 0.261 e. The lowest BCUT2D eigenvalue weighted by molar-refractivity contribution is -0.117. The van der Waals surface area contributed by atoms with Crippen LogP contribution in [0, 0.1) is 0 Å². The molecule has 0 bridgehead atoms. The fraction of sp³-hybridized carbons (Fsp3) is 0.217. The minimum Gasteiger partial charge on any atom is -0.298 e. The molecule has 2 aromatic rings. The average molecular weight is 501 g/mol. The Hall–Kier alpha value is -3.46. The Morgan fingerprint density at radius 2 is 1.00 bits per heavy atom. The Kier molecular flexibility index (Phi) is 7.93. The molecule has 4 amide bonds. The molecule has 0 N–H and O–H groups in total. The second-order valence-corrected chi connectivity index (χ2v) is 7.42. The van der Waals surface area contributed by atoms with Crippen molar-refractivity contribution in [1.29, 1.82) is 0 Å². The quantitative estimate of drug-likeness (QED) is 0.461. The van der Waals surface area contributed by atoms with Crippen LogP contribution in [0.4, 0.5) is 0 Å². The van der Waals surface area contributed by atoms with Gasteiger partial charge in [0.1, 0.15) is 5.78 Å². The van der Waals surface area contributed by atoms with E-state index in [0.29, 0.717) is 22.3 Å². The topological polar surface area (TPSA) is 109 Å². The third-order valence-electron chi connectivity index (χ3n) is 4.62. The molecule has 0 unspecified atom stereocenters. The number of amides is 4. The first-order chi connectivity index (χ1) is 14.8. The molecule has 2 heterocycles. The van der Waals surface area contributed by atoms with E-state index >= 15 is 0 Å². The Bertz CT molecular complexity index is 1060. The summed E-state index contributed by atoms with van der Waals surface area (Å²) in [5, 5.41) is 0.139. The van der Waals surface area contributed by atoms with Gasteiger partial charge in [-0.1, -0.05) is 47.6 Å². The zero-order valence-electron chi connectivity index (χ0n) is 16.5. The minimum atomic E-state index is -0.394. The van der Waals surface area contributed by atoms with Crippen molar-refractivity contribution in [2.45, 2.75) is 14.4 Å². The molecule has 0 radical (unpaired) electrons. The molecule has 0 spiro atoms. The maximum absolute atomic E-state index is 11.8. The van der Waals surface area contributed by atoms with Crippen molar-refractivity contribution in [2.75, 3.05) is 18.4 Å². The molecular weight excluding hydrogens is 480 g/mol. The number of alkyl halides is 1. The van der Waals surface area contributed by atoms with Crippen LogP contribution in [-0.2, 0) is 9.59 Å². The predicted molar refractivity (Wildman–Crippen MR) is 120 cm³/mol. The van der Waals surface area contributed by atoms with E-state index in [-0.39, 0.29) is 49.2 Å². The van der Waals surface area contributed by atoms with E-state index in [4.69, 9.17) is 0 Å². The Morgan fingerprint density at radius 3 is 1.28 bits per heavy atom. The summed E-state index contributed by atoms with van der Waals surface area (Å²) in [4.78, 5) is 71.1. The van der Waals surface area contributed by atoms with Crippen molar-refractivity contribution in [3.8, 4) is 0 Å². The van der Waals surface area contributed by atoms with E-state index in [9.17, 15) is 28.8 Å². The zero-order valence-corrected chi connectivity index (χ0v) is 18.0. The zero-order chi connectivity index (χ0) is 22.7. The summed E-state index contributed by atoms with van der Waals surface area (Å²) in [5.41, 5.74) is 1.50. The van der Waals surface area contributed by atoms with Crippen LogP contribution in [0.15, 0.2) is 48.5 Å². The number of imide groups is 2. The fourth-order valence-electron chi connectivity index (χ4n) is 3.21. The summed E-state index contributed by atoms with van der Waals surface area (Å²) in [6.45, 7) is 1.04. The van der Waals surface area contributed by atoms with Crippen LogP contribution >= 0.6 is 15.9 Å². The smallest absolute Gasteiger partial charge is 0.261 e. The van der Waals surface area contributed by atoms with Gasteiger partial charge in [-0.25, -0.2) is 0 Å². The van der Waals surface area contributed by atoms with E-state index in [1.54, 1.807) is 48.5 Å². The Labute approximate surface area is 193 Å². The van der Waals surface area contributed by atoms with Gasteiger partial charge in [0.15, 0.2) is 5.78 Å². The first kappa shape index (κ1) is 24.8. The van der Waals surface area contributed by atoms with Crippen molar-refractivity contribution in [3.63, 3.8) is 0 Å². The van der Waals surface area contributed by atoms with Crippen LogP contribution in [-0.4, -0.2) is 63.4 Å². The summed E-state index contributed by atoms with van der Waals surface area (Å²) in [7, 11) is 0. The highest BCUT2D eigenvalue weighted by Crippen LogP contribution is 2.23. The Balaban J connectivity index is 0.000000220. The van der Waals surface area contributed by atoms with Gasteiger partial charge in [-0.05, 0) is 31.2 Å². The number of benzene rings is 2. The van der Waals surface area contributed by atoms with Crippen molar-refractivity contribution in [1.82, 2.24) is 9.80 Å². The number of carbonyl (C=O) groups is 6. The molecule has 2 aliphatic rings. The molecule has 4 rings (SSSR count). The normalized spacial score (nSPS) is 13.8. The van der Waals surface area contributed by atoms with Gasteiger partial charge < -0.3 is 0 Å². The van der Waals surface area contributed by atoms with Crippen LogP contribution < -0.4 is 0 Å². The first-order valence-electron chi connectivity index (χ1n) is 9.23. The van der Waals surface area contributed by atoms with Crippen LogP contribution in [0.25, 0.3) is 0 Å². The van der Waals surface area contributed by atoms with Crippen LogP contribution in [0.2, 0.25) is 0 Å². The largest absolute Gasteiger partial charge is 0.298 e. The second kappa shape index (κ2) is 10.2. The molecule has 0 saturated carbocycles. The summed E-state index contributed by atoms with van der Waals surface area (Å²) >= 11 is 3.00. The number of Topliss-reactive ketones (excluding diaryl/α,β-unsaturated/α-hetero) is 2. The number of nitrogens with zero attached hydrogens (tertiary/aromatic N) is 2. The number of fused-ring (bicyclic) bond motifs is 2. The highest BCUT2D eigenvalue weighted by Gasteiger charge is 2.36. The first-order valence-corrected chi connectivity index (χ1v) is 10.4. The lowest BCUT2D eigenvalue weighted by atomic mass is 10.1. The van der Waals surface area contributed by atoms with Gasteiger partial charge in [0, 0.05) is 0 Å². The van der Waals surface area contributed by atoms with E-state index in [1.165, 1.54) is 6.92 Å². The van der Waals surface area contributed by atoms with E-state index in [0.717, 1.165) is 9.80 Å². The van der Waals surface area contributed by atoms with Gasteiger partial charge in [-0.15, -0.1) is 0 Å². The van der Waals surface area contributed by atoms with E-state index in [1.807, 2.05) is 0 Å². The number of halogens is 1. The van der Waals surface area contributed by atoms with Crippen LogP contribution in [0.1, 0.15) is 55.8 Å². The fourth-order valence-corrected chi connectivity index (χ4v) is 3.38. The third-order valence-corrected chi connectivity index (χ3v) is 5.25. The number of hydrogen-bond acceptors (Lipinski definition) is 6. The molecular formula is C23H21BrN2O6. The van der Waals surface area contributed by atoms with Crippen molar-refractivity contribution >= 4 is 51.1 Å². The summed E-state index contributed by atoms with van der Waals surface area (Å²) in [6.07, 6.45) is 0. The lowest BCUT2D eigenvalue weighted by Crippen LogP contribution is -2.35. The molecule has 0 atom stereocenters. The standard InChI is InChI=1S/C11H8BrNO3.C11H9NO3.CH4/c12-5-7(14)6-13-10(15)8-3-1-2-4-9(8)11(13)16;1-7(13)6-12-10(14)8-4-2-3-5-9(8)11(12)15;/h1-4H,5-6H2;2-5H,6H2,1H3;1H4. The predicted octanol–water partition coefficient (Wildman–Crippen LogP) is 2.75. The maximum atomic E-state index is 11.8. The highest BCUT2D eigenvalue weighted by molar-refractivity contribution is 9.09. The summed E-state index contributed by atoms with van der Waals surface area (Å²) < 4.78 is 0. The molecule has 0 saturated heterocycles. The van der Waals surface area contributed by atoms with Crippen LogP contribution in [0.3, 0.4) is 0 Å². The molecule has 8 nitrogen and oxygen atoms in total. The third kappa shape index (κ3) is 4.72. The number of ketones is 2. The molecule has 32 heavy (non-hydrogen) atoms. The van der Waals surface area contributed by atoms with Crippen LogP contribution in [0.5, 0.6) is 0 Å². The molecule has 0 aromatic heterocycles. The number of carbonyl (C=O) groups excluding carboxylic acids is 6. The van der Waals surface area contributed by atoms with Gasteiger partial charge in [0.2, 0.25) is 0 Å². The van der Waals surface area contributed by atoms with E-state index in [2.05, 4.69) is 15.9 Å². The molecule has 0 aliphatic carbocycles. The summed E-state index contributed by atoms with van der Waals surface area (Å²) in [5.74, 6) is -1.96. The van der Waals surface area contributed by atoms with Gasteiger partial charge in [0.25, 0.3) is 23.6 Å². The lowest BCUT2D eigenvalue weighted by Gasteiger charge is -2.11. The summed E-state index contributed by atoms with van der Waals surface area (Å²) in [6, 6.07) is 13.1. The molecule has 0 fully saturated rings. The van der Waals surface area contributed by atoms with Crippen molar-refractivity contribution < 1.29 is 28.8 Å². The SMILES string of the molecule is C.CC(=O)CN1C(=O)c2ccccc2C1=O.O=C(CBr)CN1C(=O)c2ccccc2C1=O. The van der Waals surface area contributed by atoms with Gasteiger partial charge >= 0.3 is 0 Å². The van der Waals surface area contributed by atoms with Gasteiger partial charge in [-0.2, -0.15) is 0 Å². The number of hydrogen-bond donors (Lipinski definition) is 0. The Morgan fingerprint density at radius 1 is 0.688 bits per heavy atom. The molecule has 2 aromatic carbocycles. The van der Waals surface area contributed by atoms with Crippen molar-refractivity contribution in [3.05, 3.63) is 70.8 Å². The number of rotatable bonds is 5. The van der Waals surface area contributed by atoms with Crippen molar-refractivity contribution in [2.24, 2.45) is 0 Å². The molecule has 166 valence electrons.